The Kier molecular flexibility index (Phi) is 4.92. The molecule has 0 spiro atoms. The molecule has 9 heteroatoms. The summed E-state index contributed by atoms with van der Waals surface area (Å²) in [5.74, 6) is -0.158. The zero-order chi connectivity index (χ0) is 20.5. The minimum Gasteiger partial charge on any atom is -0.435 e. The van der Waals surface area contributed by atoms with Gasteiger partial charge < -0.3 is 9.73 Å². The van der Waals surface area contributed by atoms with Crippen LogP contribution in [0.25, 0.3) is 22.6 Å². The van der Waals surface area contributed by atoms with Crippen molar-refractivity contribution >= 4 is 51.6 Å². The SMILES string of the molecule is O=C(Nc1cccc(-c2nc3cc(Cl)cc(Cl)c3o2)c1)c1cccc([N+](=O)[O-])c1. The molecule has 0 fully saturated rings. The summed E-state index contributed by atoms with van der Waals surface area (Å²) in [4.78, 5) is 27.2. The molecule has 1 N–H and O–H groups in total. The monoisotopic (exact) mass is 427 g/mol. The maximum absolute atomic E-state index is 12.5. The van der Waals surface area contributed by atoms with Crippen LogP contribution in [-0.4, -0.2) is 15.8 Å². The fourth-order valence-electron chi connectivity index (χ4n) is 2.78. The summed E-state index contributed by atoms with van der Waals surface area (Å²) < 4.78 is 5.74. The maximum atomic E-state index is 12.5. The number of oxazole rings is 1. The molecule has 1 aromatic heterocycles. The van der Waals surface area contributed by atoms with E-state index < -0.39 is 10.8 Å². The van der Waals surface area contributed by atoms with Gasteiger partial charge in [0, 0.05) is 34.0 Å². The third-order valence-electron chi connectivity index (χ3n) is 4.10. The lowest BCUT2D eigenvalue weighted by molar-refractivity contribution is -0.384. The number of fused-ring (bicyclic) bond motifs is 1. The van der Waals surface area contributed by atoms with Crippen LogP contribution in [0.5, 0.6) is 0 Å². The number of nitrogens with zero attached hydrogens (tertiary/aromatic N) is 2. The Bertz CT molecular complexity index is 1270. The highest BCUT2D eigenvalue weighted by Crippen LogP contribution is 2.32. The van der Waals surface area contributed by atoms with Gasteiger partial charge in [-0.1, -0.05) is 35.3 Å². The third-order valence-corrected chi connectivity index (χ3v) is 4.60. The van der Waals surface area contributed by atoms with Crippen LogP contribution >= 0.6 is 23.2 Å². The van der Waals surface area contributed by atoms with Gasteiger partial charge in [0.1, 0.15) is 5.52 Å². The van der Waals surface area contributed by atoms with Crippen LogP contribution in [0.4, 0.5) is 11.4 Å². The van der Waals surface area contributed by atoms with E-state index >= 15 is 0 Å². The van der Waals surface area contributed by atoms with Crippen molar-refractivity contribution in [2.24, 2.45) is 0 Å². The van der Waals surface area contributed by atoms with Crippen LogP contribution in [0.2, 0.25) is 10.0 Å². The van der Waals surface area contributed by atoms with E-state index in [0.29, 0.717) is 38.3 Å². The second-order valence-electron chi connectivity index (χ2n) is 6.10. The lowest BCUT2D eigenvalue weighted by atomic mass is 10.1. The summed E-state index contributed by atoms with van der Waals surface area (Å²) in [7, 11) is 0. The molecule has 0 aliphatic rings. The summed E-state index contributed by atoms with van der Waals surface area (Å²) >= 11 is 12.1. The van der Waals surface area contributed by atoms with Crippen molar-refractivity contribution in [3.63, 3.8) is 0 Å². The Hall–Kier alpha value is -3.42. The molecule has 0 aliphatic carbocycles. The van der Waals surface area contributed by atoms with Gasteiger partial charge in [-0.15, -0.1) is 0 Å². The number of non-ortho nitro benzene ring substituents is 1. The Labute approximate surface area is 174 Å². The standard InChI is InChI=1S/C20H11Cl2N3O4/c21-13-9-16(22)18-17(10-13)24-20(29-18)12-4-1-5-14(7-12)23-19(26)11-3-2-6-15(8-11)25(27)28/h1-10H,(H,23,26). The Balaban J connectivity index is 1.62. The molecule has 0 aliphatic heterocycles. The Morgan fingerprint density at radius 3 is 2.66 bits per heavy atom. The van der Waals surface area contributed by atoms with Crippen molar-refractivity contribution in [1.29, 1.82) is 0 Å². The van der Waals surface area contributed by atoms with Crippen LogP contribution in [0.1, 0.15) is 10.4 Å². The minimum absolute atomic E-state index is 0.159. The Morgan fingerprint density at radius 1 is 1.07 bits per heavy atom. The van der Waals surface area contributed by atoms with Crippen molar-refractivity contribution in [3.05, 3.63) is 86.4 Å². The van der Waals surface area contributed by atoms with E-state index in [2.05, 4.69) is 10.3 Å². The number of benzene rings is 3. The first-order chi connectivity index (χ1) is 13.9. The second-order valence-corrected chi connectivity index (χ2v) is 6.94. The molecule has 3 aromatic carbocycles. The quantitative estimate of drug-likeness (QED) is 0.319. The summed E-state index contributed by atoms with van der Waals surface area (Å²) in [6.45, 7) is 0. The normalized spacial score (nSPS) is 10.8. The molecule has 0 unspecified atom stereocenters. The lowest BCUT2D eigenvalue weighted by Gasteiger charge is -2.06. The minimum atomic E-state index is -0.554. The molecule has 4 aromatic rings. The molecule has 0 atom stereocenters. The molecule has 29 heavy (non-hydrogen) atoms. The number of aromatic nitrogens is 1. The molecule has 0 saturated carbocycles. The number of carbonyl (C=O) groups is 1. The fraction of sp³-hybridized carbons (Fsp3) is 0. The number of nitrogens with one attached hydrogen (secondary N) is 1. The van der Waals surface area contributed by atoms with Gasteiger partial charge in [0.25, 0.3) is 11.6 Å². The van der Waals surface area contributed by atoms with Crippen LogP contribution in [-0.2, 0) is 0 Å². The van der Waals surface area contributed by atoms with E-state index in [1.165, 1.54) is 24.3 Å². The first-order valence-electron chi connectivity index (χ1n) is 8.32. The van der Waals surface area contributed by atoms with Gasteiger partial charge in [-0.2, -0.15) is 0 Å². The number of rotatable bonds is 4. The largest absolute Gasteiger partial charge is 0.435 e. The molecule has 1 amide bonds. The number of nitro groups is 1. The zero-order valence-corrected chi connectivity index (χ0v) is 16.1. The summed E-state index contributed by atoms with van der Waals surface area (Å²) in [6, 6.07) is 15.6. The highest BCUT2D eigenvalue weighted by Gasteiger charge is 2.14. The molecular weight excluding hydrogens is 417 g/mol. The first kappa shape index (κ1) is 18.9. The molecule has 1 heterocycles. The molecule has 4 rings (SSSR count). The average molecular weight is 428 g/mol. The van der Waals surface area contributed by atoms with E-state index in [4.69, 9.17) is 27.6 Å². The van der Waals surface area contributed by atoms with Gasteiger partial charge in [0.2, 0.25) is 5.89 Å². The van der Waals surface area contributed by atoms with Gasteiger partial charge >= 0.3 is 0 Å². The zero-order valence-electron chi connectivity index (χ0n) is 14.6. The molecular formula is C20H11Cl2N3O4. The number of nitro benzene ring substituents is 1. The van der Waals surface area contributed by atoms with E-state index in [-0.39, 0.29) is 11.3 Å². The van der Waals surface area contributed by atoms with Gasteiger partial charge in [-0.3, -0.25) is 14.9 Å². The maximum Gasteiger partial charge on any atom is 0.270 e. The van der Waals surface area contributed by atoms with Crippen LogP contribution in [0.3, 0.4) is 0 Å². The first-order valence-corrected chi connectivity index (χ1v) is 9.08. The van der Waals surface area contributed by atoms with Gasteiger partial charge in [0.05, 0.1) is 9.95 Å². The van der Waals surface area contributed by atoms with Crippen molar-refractivity contribution < 1.29 is 14.1 Å². The highest BCUT2D eigenvalue weighted by molar-refractivity contribution is 6.38. The van der Waals surface area contributed by atoms with Crippen molar-refractivity contribution in [1.82, 2.24) is 4.98 Å². The van der Waals surface area contributed by atoms with Gasteiger partial charge in [-0.05, 0) is 36.4 Å². The van der Waals surface area contributed by atoms with Crippen LogP contribution in [0, 0.1) is 10.1 Å². The van der Waals surface area contributed by atoms with Crippen LogP contribution < -0.4 is 5.32 Å². The predicted molar refractivity (Wildman–Crippen MR) is 111 cm³/mol. The van der Waals surface area contributed by atoms with Crippen molar-refractivity contribution in [2.45, 2.75) is 0 Å². The van der Waals surface area contributed by atoms with Crippen molar-refractivity contribution in [2.75, 3.05) is 5.32 Å². The highest BCUT2D eigenvalue weighted by atomic mass is 35.5. The topological polar surface area (TPSA) is 98.3 Å². The lowest BCUT2D eigenvalue weighted by Crippen LogP contribution is -2.12. The van der Waals surface area contributed by atoms with E-state index in [1.54, 1.807) is 36.4 Å². The number of carbonyl (C=O) groups excluding carboxylic acids is 1. The fourth-order valence-corrected chi connectivity index (χ4v) is 3.30. The average Bonchev–Trinajstić information content (AvgIpc) is 3.13. The predicted octanol–water partition coefficient (Wildman–Crippen LogP) is 5.96. The van der Waals surface area contributed by atoms with Gasteiger partial charge in [-0.25, -0.2) is 4.98 Å². The third kappa shape index (κ3) is 3.91. The summed E-state index contributed by atoms with van der Waals surface area (Å²) in [5, 5.41) is 14.4. The molecule has 144 valence electrons. The smallest absolute Gasteiger partial charge is 0.270 e. The Morgan fingerprint density at radius 2 is 1.86 bits per heavy atom. The molecule has 7 nitrogen and oxygen atoms in total. The van der Waals surface area contributed by atoms with E-state index in [0.717, 1.165) is 0 Å². The number of halogens is 2. The number of hydrogen-bond donors (Lipinski definition) is 1. The molecule has 0 radical (unpaired) electrons. The van der Waals surface area contributed by atoms with E-state index in [1.807, 2.05) is 0 Å². The second kappa shape index (κ2) is 7.54. The molecule has 0 saturated heterocycles. The van der Waals surface area contributed by atoms with Crippen molar-refractivity contribution in [3.8, 4) is 11.5 Å². The van der Waals surface area contributed by atoms with Crippen LogP contribution in [0.15, 0.2) is 65.1 Å². The molecule has 0 bridgehead atoms. The number of anilines is 1. The van der Waals surface area contributed by atoms with Gasteiger partial charge in [0.15, 0.2) is 5.58 Å². The summed E-state index contributed by atoms with van der Waals surface area (Å²) in [6.07, 6.45) is 0. The van der Waals surface area contributed by atoms with E-state index in [9.17, 15) is 14.9 Å². The number of hydrogen-bond acceptors (Lipinski definition) is 5. The summed E-state index contributed by atoms with van der Waals surface area (Å²) in [5.41, 5.74) is 2.04. The number of amides is 1.